The van der Waals surface area contributed by atoms with Gasteiger partial charge in [-0.25, -0.2) is 24.0 Å². The summed E-state index contributed by atoms with van der Waals surface area (Å²) in [5.74, 6) is -6.51. The lowest BCUT2D eigenvalue weighted by molar-refractivity contribution is -0.138. The Bertz CT molecular complexity index is 4200. The van der Waals surface area contributed by atoms with Gasteiger partial charge in [0.05, 0.1) is 121 Å². The monoisotopic (exact) mass is 1760 g/mol. The first kappa shape index (κ1) is 102. The standard InChI is InChI=1S/5C11H10N4O4S.4C3H7NO/c5*1-19-9(16)6-20-11-12-13-14-15(11)8-4-2-7(3-5-8)10(17)18;4*1-4(2)3-5/h5*2-5H,6H2,1H3,(H,17,18);4*3H,1-2H3. The van der Waals surface area contributed by atoms with Gasteiger partial charge in [-0.2, -0.15) is 23.4 Å². The molecule has 0 radical (unpaired) electrons. The van der Waals surface area contributed by atoms with Gasteiger partial charge in [0.1, 0.15) is 0 Å². The second-order valence-corrected chi connectivity index (χ2v) is 26.9. The molecule has 5 aromatic carbocycles. The maximum absolute atomic E-state index is 11.1. The molecule has 0 atom stereocenters. The molecule has 0 aliphatic carbocycles. The molecule has 10 aromatic rings. The van der Waals surface area contributed by atoms with Gasteiger partial charge in [0, 0.05) is 56.4 Å². The van der Waals surface area contributed by atoms with Crippen molar-refractivity contribution in [2.24, 2.45) is 0 Å². The molecule has 48 nitrogen and oxygen atoms in total. The van der Waals surface area contributed by atoms with Crippen molar-refractivity contribution in [1.82, 2.24) is 121 Å². The SMILES string of the molecule is CN(C)C=O.CN(C)C=O.CN(C)C=O.CN(C)C=O.COC(=O)CSc1nnnn1-c1ccc(C(=O)O)cc1.COC(=O)CSc1nnnn1-c1ccc(C(=O)O)cc1.COC(=O)CSc1nnnn1-c1ccc(C(=O)O)cc1.COC(=O)CSc1nnnn1-c1ccc(C(=O)O)cc1.COC(=O)CSc1nnnn1-c1ccc(C(=O)O)cc1. The van der Waals surface area contributed by atoms with Crippen LogP contribution < -0.4 is 0 Å². The van der Waals surface area contributed by atoms with Crippen molar-refractivity contribution in [2.45, 2.75) is 25.8 Å². The zero-order valence-electron chi connectivity index (χ0n) is 65.7. The molecule has 5 N–H and O–H groups in total. The molecule has 5 aromatic heterocycles. The van der Waals surface area contributed by atoms with Crippen molar-refractivity contribution in [3.05, 3.63) is 149 Å². The molecule has 120 heavy (non-hydrogen) atoms. The van der Waals surface area contributed by atoms with Gasteiger partial charge in [-0.1, -0.05) is 58.8 Å². The molecule has 0 aliphatic rings. The number of hydrogen-bond acceptors (Lipinski definition) is 39. The first-order valence-electron chi connectivity index (χ1n) is 32.7. The van der Waals surface area contributed by atoms with Crippen LogP contribution in [0.25, 0.3) is 28.4 Å². The van der Waals surface area contributed by atoms with E-state index in [4.69, 9.17) is 25.5 Å². The first-order chi connectivity index (χ1) is 57.1. The Morgan fingerprint density at radius 2 is 0.400 bits per heavy atom. The summed E-state index contributed by atoms with van der Waals surface area (Å²) in [7, 11) is 20.0. The van der Waals surface area contributed by atoms with Crippen LogP contribution in [0.1, 0.15) is 51.8 Å². The average Bonchev–Trinajstić information content (AvgIpc) is 1.75. The molecule has 0 aliphatic heterocycles. The summed E-state index contributed by atoms with van der Waals surface area (Å²) in [6, 6.07) is 30.4. The summed E-state index contributed by atoms with van der Waals surface area (Å²) < 4.78 is 29.7. The lowest BCUT2D eigenvalue weighted by atomic mass is 10.2. The van der Waals surface area contributed by atoms with Crippen molar-refractivity contribution in [1.29, 1.82) is 0 Å². The van der Waals surface area contributed by atoms with E-state index in [1.54, 1.807) is 117 Å². The fourth-order valence-corrected chi connectivity index (χ4v) is 10.4. The van der Waals surface area contributed by atoms with Crippen LogP contribution in [0.15, 0.2) is 147 Å². The number of rotatable bonds is 29. The molecule has 53 heteroatoms. The van der Waals surface area contributed by atoms with Crippen LogP contribution in [-0.4, -0.2) is 352 Å². The minimum absolute atomic E-state index is 0.0874. The lowest BCUT2D eigenvalue weighted by Crippen LogP contribution is -2.06. The Morgan fingerprint density at radius 1 is 0.275 bits per heavy atom. The highest BCUT2D eigenvalue weighted by atomic mass is 32.2. The number of aromatic carboxylic acids is 5. The number of esters is 5. The molecule has 10 rings (SSSR count). The molecular formula is C67H78N24O24S5. The van der Waals surface area contributed by atoms with Crippen LogP contribution in [-0.2, 0) is 66.8 Å². The summed E-state index contributed by atoms with van der Waals surface area (Å²) >= 11 is 5.64. The van der Waals surface area contributed by atoms with Crippen molar-refractivity contribution in [2.75, 3.05) is 121 Å². The largest absolute Gasteiger partial charge is 0.478 e. The van der Waals surface area contributed by atoms with Gasteiger partial charge in [0.25, 0.3) is 0 Å². The summed E-state index contributed by atoms with van der Waals surface area (Å²) in [4.78, 5) is 153. The molecule has 0 unspecified atom stereocenters. The maximum atomic E-state index is 11.1. The second-order valence-electron chi connectivity index (χ2n) is 22.2. The average molecular weight is 1760 g/mol. The number of methoxy groups -OCH3 is 5. The zero-order chi connectivity index (χ0) is 89.8. The number of carboxylic acids is 5. The van der Waals surface area contributed by atoms with Gasteiger partial charge in [0.15, 0.2) is 0 Å². The van der Waals surface area contributed by atoms with E-state index in [0.717, 1.165) is 84.4 Å². The van der Waals surface area contributed by atoms with Crippen LogP contribution >= 0.6 is 58.8 Å². The van der Waals surface area contributed by atoms with E-state index in [1.807, 2.05) is 0 Å². The molecule has 0 spiro atoms. The number of aromatic nitrogens is 20. The Hall–Kier alpha value is -14.2. The summed E-state index contributed by atoms with van der Waals surface area (Å²) in [5.41, 5.74) is 3.88. The normalized spacial score (nSPS) is 9.68. The van der Waals surface area contributed by atoms with E-state index in [-0.39, 0.29) is 86.4 Å². The Kier molecular flexibility index (Phi) is 47.7. The third-order valence-corrected chi connectivity index (χ3v) is 17.0. The minimum atomic E-state index is -1.01. The molecule has 0 bridgehead atoms. The van der Waals surface area contributed by atoms with E-state index in [2.05, 4.69) is 101 Å². The topological polar surface area (TPSA) is 617 Å². The highest BCUT2D eigenvalue weighted by Gasteiger charge is 2.19. The lowest BCUT2D eigenvalue weighted by Gasteiger charge is -2.04. The van der Waals surface area contributed by atoms with Gasteiger partial charge in [-0.05, 0) is 173 Å². The number of amides is 4. The highest BCUT2D eigenvalue weighted by molar-refractivity contribution is 8.00. The van der Waals surface area contributed by atoms with E-state index in [0.29, 0.717) is 54.2 Å². The predicted molar refractivity (Wildman–Crippen MR) is 423 cm³/mol. The van der Waals surface area contributed by atoms with Gasteiger partial charge >= 0.3 is 59.7 Å². The number of thioether (sulfide) groups is 5. The van der Waals surface area contributed by atoms with Crippen LogP contribution in [0, 0.1) is 0 Å². The van der Waals surface area contributed by atoms with Crippen LogP contribution in [0.5, 0.6) is 0 Å². The number of tetrazole rings is 5. The zero-order valence-corrected chi connectivity index (χ0v) is 69.7. The van der Waals surface area contributed by atoms with Gasteiger partial charge < -0.3 is 68.8 Å². The smallest absolute Gasteiger partial charge is 0.335 e. The number of nitrogens with zero attached hydrogens (tertiary/aromatic N) is 24. The highest BCUT2D eigenvalue weighted by Crippen LogP contribution is 2.24. The fraction of sp³-hybridized carbons (Fsp3) is 0.269. The van der Waals surface area contributed by atoms with Gasteiger partial charge in [-0.3, -0.25) is 43.2 Å². The Labute approximate surface area is 701 Å². The van der Waals surface area contributed by atoms with Crippen molar-refractivity contribution < 1.29 is 116 Å². The van der Waals surface area contributed by atoms with Gasteiger partial charge in [-0.15, -0.1) is 25.5 Å². The Morgan fingerprint density at radius 3 is 0.500 bits per heavy atom. The third-order valence-electron chi connectivity index (χ3n) is 12.6. The quantitative estimate of drug-likeness (QED) is 0.0193. The molecule has 0 saturated heterocycles. The number of ether oxygens (including phenoxy) is 5. The predicted octanol–water partition coefficient (Wildman–Crippen LogP) is 1.95. The fourth-order valence-electron chi connectivity index (χ4n) is 6.79. The molecule has 640 valence electrons. The van der Waals surface area contributed by atoms with E-state index in [9.17, 15) is 67.1 Å². The summed E-state index contributed by atoms with van der Waals surface area (Å²) in [6.45, 7) is 0. The summed E-state index contributed by atoms with van der Waals surface area (Å²) in [6.07, 6.45) is 3.00. The van der Waals surface area contributed by atoms with Crippen molar-refractivity contribution >= 4 is 144 Å². The second kappa shape index (κ2) is 56.1. The minimum Gasteiger partial charge on any atom is -0.478 e. The number of hydrogen-bond donors (Lipinski definition) is 5. The van der Waals surface area contributed by atoms with E-state index in [1.165, 1.54) is 139 Å². The van der Waals surface area contributed by atoms with Crippen LogP contribution in [0.2, 0.25) is 0 Å². The van der Waals surface area contributed by atoms with E-state index < -0.39 is 29.8 Å². The van der Waals surface area contributed by atoms with Crippen molar-refractivity contribution in [3.8, 4) is 28.4 Å². The number of carbonyl (C=O) groups excluding carboxylic acids is 9. The number of carboxylic acid groups (broad SMARTS) is 5. The molecule has 4 amide bonds. The molecule has 5 heterocycles. The van der Waals surface area contributed by atoms with Crippen LogP contribution in [0.4, 0.5) is 0 Å². The van der Waals surface area contributed by atoms with E-state index >= 15 is 0 Å². The first-order valence-corrected chi connectivity index (χ1v) is 37.6. The summed E-state index contributed by atoms with van der Waals surface area (Å²) in [5, 5.41) is 102. The third kappa shape index (κ3) is 38.5. The number of benzene rings is 5. The molecule has 0 fully saturated rings. The maximum Gasteiger partial charge on any atom is 0.335 e. The van der Waals surface area contributed by atoms with Crippen LogP contribution in [0.3, 0.4) is 0 Å². The molecule has 0 saturated carbocycles. The van der Waals surface area contributed by atoms with Crippen molar-refractivity contribution in [3.63, 3.8) is 0 Å². The van der Waals surface area contributed by atoms with Gasteiger partial charge in [0.2, 0.25) is 51.4 Å². The number of carbonyl (C=O) groups is 14. The Balaban J connectivity index is 0.000000480. The molecular weight excluding hydrogens is 1690 g/mol.